The van der Waals surface area contributed by atoms with E-state index in [4.69, 9.17) is 5.73 Å². The summed E-state index contributed by atoms with van der Waals surface area (Å²) in [6.07, 6.45) is 0.900. The van der Waals surface area contributed by atoms with Crippen molar-refractivity contribution in [2.45, 2.75) is 19.4 Å². The van der Waals surface area contributed by atoms with Crippen molar-refractivity contribution in [1.82, 2.24) is 15.2 Å². The summed E-state index contributed by atoms with van der Waals surface area (Å²) in [7, 11) is 4.04. The monoisotopic (exact) mass is 286 g/mol. The molecule has 0 aliphatic heterocycles. The average Bonchev–Trinajstić information content (AvgIpc) is 2.44. The zero-order valence-electron chi connectivity index (χ0n) is 12.8. The van der Waals surface area contributed by atoms with Crippen LogP contribution in [0, 0.1) is 0 Å². The lowest BCUT2D eigenvalue weighted by molar-refractivity contribution is 0.0938. The molecule has 2 rings (SSSR count). The third-order valence-electron chi connectivity index (χ3n) is 3.37. The molecule has 1 aromatic heterocycles. The second-order valence-corrected chi connectivity index (χ2v) is 5.58. The third kappa shape index (κ3) is 3.92. The second kappa shape index (κ2) is 6.54. The molecule has 1 heterocycles. The Morgan fingerprint density at radius 2 is 2.10 bits per heavy atom. The van der Waals surface area contributed by atoms with Gasteiger partial charge in [-0.15, -0.1) is 0 Å². The van der Waals surface area contributed by atoms with Crippen LogP contribution in [0.4, 0.5) is 5.82 Å². The van der Waals surface area contributed by atoms with Gasteiger partial charge in [0.1, 0.15) is 5.82 Å². The molecule has 0 aliphatic rings. The first-order valence-corrected chi connectivity index (χ1v) is 7.08. The number of nitrogens with zero attached hydrogens (tertiary/aromatic N) is 2. The minimum Gasteiger partial charge on any atom is -0.384 e. The topological polar surface area (TPSA) is 71.2 Å². The normalized spacial score (nSPS) is 12.6. The number of pyridine rings is 1. The van der Waals surface area contributed by atoms with Gasteiger partial charge in [0.05, 0.1) is 11.1 Å². The molecular weight excluding hydrogens is 264 g/mol. The summed E-state index contributed by atoms with van der Waals surface area (Å²) in [5, 5.41) is 3.85. The third-order valence-corrected chi connectivity index (χ3v) is 3.37. The van der Waals surface area contributed by atoms with Gasteiger partial charge in [-0.3, -0.25) is 4.79 Å². The number of nitrogens with two attached hydrogens (primary N) is 1. The number of amides is 1. The molecule has 0 fully saturated rings. The number of carbonyl (C=O) groups is 1. The van der Waals surface area contributed by atoms with Gasteiger partial charge >= 0.3 is 0 Å². The fourth-order valence-electron chi connectivity index (χ4n) is 2.21. The van der Waals surface area contributed by atoms with E-state index in [0.29, 0.717) is 11.4 Å². The number of rotatable bonds is 5. The lowest BCUT2D eigenvalue weighted by atomic mass is 10.1. The Hall–Kier alpha value is -2.14. The molecule has 0 saturated heterocycles. The smallest absolute Gasteiger partial charge is 0.252 e. The quantitative estimate of drug-likeness (QED) is 0.880. The number of anilines is 1. The number of fused-ring (bicyclic) bond motifs is 1. The van der Waals surface area contributed by atoms with Crippen LogP contribution in [0.5, 0.6) is 0 Å². The molecule has 0 bridgehead atoms. The lowest BCUT2D eigenvalue weighted by Gasteiger charge is -2.17. The number of hydrogen-bond donors (Lipinski definition) is 2. The van der Waals surface area contributed by atoms with Crippen molar-refractivity contribution in [3.05, 3.63) is 35.9 Å². The summed E-state index contributed by atoms with van der Waals surface area (Å²) in [6, 6.07) is 9.27. The molecular formula is C16H22N4O. The van der Waals surface area contributed by atoms with E-state index in [1.807, 2.05) is 45.3 Å². The van der Waals surface area contributed by atoms with Crippen LogP contribution in [0.15, 0.2) is 30.3 Å². The number of carbonyl (C=O) groups excluding carboxylic acids is 1. The molecule has 1 unspecified atom stereocenters. The van der Waals surface area contributed by atoms with Crippen LogP contribution in [0.3, 0.4) is 0 Å². The number of benzene rings is 1. The number of hydrogen-bond acceptors (Lipinski definition) is 4. The van der Waals surface area contributed by atoms with E-state index < -0.39 is 0 Å². The molecule has 0 spiro atoms. The summed E-state index contributed by atoms with van der Waals surface area (Å²) in [5.74, 6) is 0.256. The zero-order valence-corrected chi connectivity index (χ0v) is 12.8. The van der Waals surface area contributed by atoms with Gasteiger partial charge in [-0.1, -0.05) is 18.2 Å². The highest BCUT2D eigenvalue weighted by Gasteiger charge is 2.14. The van der Waals surface area contributed by atoms with Crippen LogP contribution in [0.25, 0.3) is 10.9 Å². The van der Waals surface area contributed by atoms with Gasteiger partial charge in [-0.2, -0.15) is 0 Å². The maximum atomic E-state index is 12.5. The van der Waals surface area contributed by atoms with Crippen molar-refractivity contribution in [3.63, 3.8) is 0 Å². The molecule has 1 atom stereocenters. The minimum absolute atomic E-state index is 0.105. The van der Waals surface area contributed by atoms with Crippen LogP contribution in [0.1, 0.15) is 23.7 Å². The number of aromatic nitrogens is 1. The summed E-state index contributed by atoms with van der Waals surface area (Å²) in [5.41, 5.74) is 7.11. The Morgan fingerprint density at radius 3 is 2.81 bits per heavy atom. The summed E-state index contributed by atoms with van der Waals surface area (Å²) >= 11 is 0. The zero-order chi connectivity index (χ0) is 15.4. The lowest BCUT2D eigenvalue weighted by Crippen LogP contribution is -2.35. The first-order chi connectivity index (χ1) is 9.97. The van der Waals surface area contributed by atoms with Gasteiger partial charge in [0.25, 0.3) is 5.91 Å². The largest absolute Gasteiger partial charge is 0.384 e. The molecule has 1 aromatic carbocycles. The van der Waals surface area contributed by atoms with E-state index in [2.05, 4.69) is 15.2 Å². The van der Waals surface area contributed by atoms with Crippen LogP contribution in [0.2, 0.25) is 0 Å². The van der Waals surface area contributed by atoms with Gasteiger partial charge in [0, 0.05) is 11.4 Å². The van der Waals surface area contributed by atoms with Crippen molar-refractivity contribution in [2.75, 3.05) is 26.4 Å². The van der Waals surface area contributed by atoms with Crippen LogP contribution >= 0.6 is 0 Å². The number of nitrogens with one attached hydrogen (secondary N) is 1. The maximum Gasteiger partial charge on any atom is 0.252 e. The number of nitrogen functional groups attached to an aromatic ring is 1. The van der Waals surface area contributed by atoms with Crippen molar-refractivity contribution < 1.29 is 4.79 Å². The molecule has 0 aliphatic carbocycles. The Bertz CT molecular complexity index is 639. The Morgan fingerprint density at radius 1 is 1.38 bits per heavy atom. The van der Waals surface area contributed by atoms with Gasteiger partial charge in [0.15, 0.2) is 0 Å². The Labute approximate surface area is 125 Å². The Kier molecular flexibility index (Phi) is 4.75. The van der Waals surface area contributed by atoms with Gasteiger partial charge in [-0.05, 0) is 46.1 Å². The van der Waals surface area contributed by atoms with Gasteiger partial charge < -0.3 is 16.0 Å². The van der Waals surface area contributed by atoms with Crippen LogP contribution in [-0.2, 0) is 0 Å². The summed E-state index contributed by atoms with van der Waals surface area (Å²) in [4.78, 5) is 18.8. The van der Waals surface area contributed by atoms with Crippen LogP contribution < -0.4 is 11.1 Å². The van der Waals surface area contributed by atoms with Crippen molar-refractivity contribution >= 4 is 22.6 Å². The molecule has 2 aromatic rings. The van der Waals surface area contributed by atoms with Crippen LogP contribution in [-0.4, -0.2) is 42.5 Å². The van der Waals surface area contributed by atoms with E-state index >= 15 is 0 Å². The summed E-state index contributed by atoms with van der Waals surface area (Å²) in [6.45, 7) is 2.94. The first-order valence-electron chi connectivity index (χ1n) is 7.08. The predicted octanol–water partition coefficient (Wildman–Crippen LogP) is 1.89. The fourth-order valence-corrected chi connectivity index (χ4v) is 2.21. The highest BCUT2D eigenvalue weighted by Crippen LogP contribution is 2.19. The Balaban J connectivity index is 2.19. The van der Waals surface area contributed by atoms with E-state index in [9.17, 15) is 4.79 Å². The molecule has 112 valence electrons. The van der Waals surface area contributed by atoms with Gasteiger partial charge in [-0.25, -0.2) is 4.98 Å². The molecule has 5 nitrogen and oxygen atoms in total. The average molecular weight is 286 g/mol. The van der Waals surface area contributed by atoms with Crippen molar-refractivity contribution in [3.8, 4) is 0 Å². The standard InChI is InChI=1S/C16H22N4O/c1-11(8-9-20(2)3)18-16(21)13-10-15(17)19-14-7-5-4-6-12(13)14/h4-7,10-11H,8-9H2,1-3H3,(H2,17,19)(H,18,21). The van der Waals surface area contributed by atoms with Crippen molar-refractivity contribution in [1.29, 1.82) is 0 Å². The highest BCUT2D eigenvalue weighted by atomic mass is 16.1. The SMILES string of the molecule is CC(CCN(C)C)NC(=O)c1cc(N)nc2ccccc12. The predicted molar refractivity (Wildman–Crippen MR) is 86.3 cm³/mol. The highest BCUT2D eigenvalue weighted by molar-refractivity contribution is 6.06. The molecule has 5 heteroatoms. The van der Waals surface area contributed by atoms with E-state index in [-0.39, 0.29) is 11.9 Å². The molecule has 21 heavy (non-hydrogen) atoms. The molecule has 0 radical (unpaired) electrons. The molecule has 3 N–H and O–H groups in total. The molecule has 1 amide bonds. The van der Waals surface area contributed by atoms with Crippen molar-refractivity contribution in [2.24, 2.45) is 0 Å². The first kappa shape index (κ1) is 15.3. The fraction of sp³-hybridized carbons (Fsp3) is 0.375. The van der Waals surface area contributed by atoms with Gasteiger partial charge in [0.2, 0.25) is 0 Å². The summed E-state index contributed by atoms with van der Waals surface area (Å²) < 4.78 is 0. The van der Waals surface area contributed by atoms with E-state index in [1.54, 1.807) is 6.07 Å². The van der Waals surface area contributed by atoms with E-state index in [1.165, 1.54) is 0 Å². The molecule has 0 saturated carbocycles. The second-order valence-electron chi connectivity index (χ2n) is 5.58. The minimum atomic E-state index is -0.105. The number of para-hydroxylation sites is 1. The maximum absolute atomic E-state index is 12.5. The van der Waals surface area contributed by atoms with E-state index in [0.717, 1.165) is 23.9 Å².